The smallest absolute Gasteiger partial charge is 0.274 e. The molecule has 3 aromatic rings. The minimum Gasteiger partial charge on any atom is -0.501 e. The van der Waals surface area contributed by atoms with E-state index in [1.165, 1.54) is 24.3 Å². The lowest BCUT2D eigenvalue weighted by molar-refractivity contribution is -0.119. The summed E-state index contributed by atoms with van der Waals surface area (Å²) in [5.41, 5.74) is 1.13. The summed E-state index contributed by atoms with van der Waals surface area (Å²) >= 11 is 0. The second-order valence-electron chi connectivity index (χ2n) is 7.90. The van der Waals surface area contributed by atoms with E-state index in [9.17, 15) is 24.2 Å². The fourth-order valence-corrected chi connectivity index (χ4v) is 3.87. The molecule has 3 N–H and O–H groups in total. The highest BCUT2D eigenvalue weighted by atomic mass is 19.1. The van der Waals surface area contributed by atoms with Crippen LogP contribution in [0.5, 0.6) is 11.6 Å². The quantitative estimate of drug-likeness (QED) is 0.456. The number of benzene rings is 2. The first-order valence-electron chi connectivity index (χ1n) is 10.8. The van der Waals surface area contributed by atoms with Crippen LogP contribution in [0.2, 0.25) is 0 Å². The highest BCUT2D eigenvalue weighted by Crippen LogP contribution is 2.32. The van der Waals surface area contributed by atoms with Crippen LogP contribution >= 0.6 is 0 Å². The molecule has 0 spiro atoms. The molecule has 0 bridgehead atoms. The maximum Gasteiger partial charge on any atom is 0.274 e. The molecule has 2 heterocycles. The average molecular weight is 465 g/mol. The predicted molar refractivity (Wildman–Crippen MR) is 120 cm³/mol. The van der Waals surface area contributed by atoms with Gasteiger partial charge in [-0.15, -0.1) is 0 Å². The molecule has 0 saturated carbocycles. The van der Waals surface area contributed by atoms with Gasteiger partial charge in [0.25, 0.3) is 11.8 Å². The van der Waals surface area contributed by atoms with E-state index >= 15 is 0 Å². The number of carbonyl (C=O) groups excluding carboxylic acids is 2. The maximum absolute atomic E-state index is 13.1. The van der Waals surface area contributed by atoms with E-state index in [1.807, 2.05) is 30.3 Å². The lowest BCUT2D eigenvalue weighted by Crippen LogP contribution is -2.47. The Balaban J connectivity index is 1.63. The number of hydrogen-bond acceptors (Lipinski definition) is 7. The molecule has 1 aliphatic rings. The van der Waals surface area contributed by atoms with Crippen molar-refractivity contribution in [2.24, 2.45) is 0 Å². The number of amides is 2. The Labute approximate surface area is 195 Å². The molecule has 1 aromatic heterocycles. The Morgan fingerprint density at radius 1 is 1.03 bits per heavy atom. The van der Waals surface area contributed by atoms with Crippen LogP contribution in [0.1, 0.15) is 33.5 Å². The van der Waals surface area contributed by atoms with Gasteiger partial charge in [-0.3, -0.25) is 14.5 Å². The standard InChI is InChI=1S/C24H24FN5O4/c25-18-8-6-16(7-9-18)14-26-23(33)19-21(32)24(34)28-22(27-19)20(17-4-2-1-3-5-17)30-12-10-29(15-31)11-13-30/h1-9,15,20,32H,10-14H2,(H,26,33)(H,27,28,34). The van der Waals surface area contributed by atoms with E-state index < -0.39 is 23.6 Å². The number of hydrogen-bond donors (Lipinski definition) is 3. The van der Waals surface area contributed by atoms with Gasteiger partial charge in [-0.05, 0) is 23.3 Å². The van der Waals surface area contributed by atoms with Gasteiger partial charge >= 0.3 is 0 Å². The normalized spacial score (nSPS) is 15.0. The molecular weight excluding hydrogens is 441 g/mol. The van der Waals surface area contributed by atoms with E-state index in [1.54, 1.807) is 4.90 Å². The van der Waals surface area contributed by atoms with Gasteiger partial charge in [-0.25, -0.2) is 9.37 Å². The molecule has 1 unspecified atom stereocenters. The number of halogens is 1. The van der Waals surface area contributed by atoms with Crippen molar-refractivity contribution in [3.05, 3.63) is 83.1 Å². The van der Waals surface area contributed by atoms with Crippen LogP contribution in [0.3, 0.4) is 0 Å². The third kappa shape index (κ3) is 5.12. The van der Waals surface area contributed by atoms with Crippen LogP contribution in [0, 0.1) is 5.82 Å². The van der Waals surface area contributed by atoms with Crippen LogP contribution in [-0.2, 0) is 11.3 Å². The van der Waals surface area contributed by atoms with Gasteiger partial charge in [0.2, 0.25) is 12.2 Å². The van der Waals surface area contributed by atoms with E-state index in [2.05, 4.69) is 20.2 Å². The van der Waals surface area contributed by atoms with Crippen LogP contribution in [-0.4, -0.2) is 68.5 Å². The SMILES string of the molecule is O=CN1CCN(C(c2ccccc2)c2nc(O)c(O)c(C(=O)NCc3ccc(F)cc3)n2)CC1. The lowest BCUT2D eigenvalue weighted by Gasteiger charge is -2.37. The molecule has 0 radical (unpaired) electrons. The second kappa shape index (κ2) is 10.3. The minimum atomic E-state index is -0.724. The lowest BCUT2D eigenvalue weighted by atomic mass is 10.0. The predicted octanol–water partition coefficient (Wildman–Crippen LogP) is 1.82. The Hall–Kier alpha value is -4.05. The molecule has 0 aliphatic carbocycles. The molecule has 2 amide bonds. The van der Waals surface area contributed by atoms with Crippen molar-refractivity contribution < 1.29 is 24.2 Å². The van der Waals surface area contributed by atoms with E-state index in [4.69, 9.17) is 0 Å². The first-order chi connectivity index (χ1) is 16.5. The molecule has 1 atom stereocenters. The number of aromatic nitrogens is 2. The van der Waals surface area contributed by atoms with Crippen LogP contribution < -0.4 is 5.32 Å². The van der Waals surface area contributed by atoms with Crippen molar-refractivity contribution in [1.82, 2.24) is 25.1 Å². The van der Waals surface area contributed by atoms with Crippen molar-refractivity contribution in [2.45, 2.75) is 12.6 Å². The van der Waals surface area contributed by atoms with E-state index in [0.29, 0.717) is 31.7 Å². The van der Waals surface area contributed by atoms with Crippen molar-refractivity contribution in [3.63, 3.8) is 0 Å². The highest BCUT2D eigenvalue weighted by Gasteiger charge is 2.31. The van der Waals surface area contributed by atoms with Gasteiger partial charge < -0.3 is 20.4 Å². The molecule has 9 nitrogen and oxygen atoms in total. The number of piperazine rings is 1. The monoisotopic (exact) mass is 465 g/mol. The van der Waals surface area contributed by atoms with Gasteiger partial charge in [0, 0.05) is 32.7 Å². The second-order valence-corrected chi connectivity index (χ2v) is 7.90. The summed E-state index contributed by atoms with van der Waals surface area (Å²) in [6, 6.07) is 14.5. The summed E-state index contributed by atoms with van der Waals surface area (Å²) in [4.78, 5) is 36.1. The van der Waals surface area contributed by atoms with Crippen LogP contribution in [0.25, 0.3) is 0 Å². The third-order valence-corrected chi connectivity index (χ3v) is 5.69. The first-order valence-corrected chi connectivity index (χ1v) is 10.8. The summed E-state index contributed by atoms with van der Waals surface area (Å²) in [5, 5.41) is 23.3. The van der Waals surface area contributed by atoms with Gasteiger partial charge in [0.15, 0.2) is 11.5 Å². The van der Waals surface area contributed by atoms with Crippen molar-refractivity contribution in [2.75, 3.05) is 26.2 Å². The van der Waals surface area contributed by atoms with Crippen LogP contribution in [0.15, 0.2) is 54.6 Å². The van der Waals surface area contributed by atoms with Gasteiger partial charge in [0.1, 0.15) is 5.82 Å². The van der Waals surface area contributed by atoms with Crippen molar-refractivity contribution in [3.8, 4) is 11.6 Å². The van der Waals surface area contributed by atoms with E-state index in [0.717, 1.165) is 12.0 Å². The van der Waals surface area contributed by atoms with Gasteiger partial charge in [0.05, 0.1) is 6.04 Å². The first kappa shape index (κ1) is 23.1. The highest BCUT2D eigenvalue weighted by molar-refractivity contribution is 5.95. The summed E-state index contributed by atoms with van der Waals surface area (Å²) in [7, 11) is 0. The zero-order valence-corrected chi connectivity index (χ0v) is 18.3. The topological polar surface area (TPSA) is 119 Å². The van der Waals surface area contributed by atoms with Gasteiger partial charge in [-0.1, -0.05) is 42.5 Å². The zero-order chi connectivity index (χ0) is 24.1. The Morgan fingerprint density at radius 3 is 2.35 bits per heavy atom. The molecule has 10 heteroatoms. The minimum absolute atomic E-state index is 0.0778. The molecular formula is C24H24FN5O4. The number of carbonyl (C=O) groups is 2. The summed E-state index contributed by atoms with van der Waals surface area (Å²) < 4.78 is 13.1. The number of nitrogens with one attached hydrogen (secondary N) is 1. The number of nitrogens with zero attached hydrogens (tertiary/aromatic N) is 4. The Kier molecular flexibility index (Phi) is 6.98. The fourth-order valence-electron chi connectivity index (χ4n) is 3.87. The maximum atomic E-state index is 13.1. The molecule has 34 heavy (non-hydrogen) atoms. The Morgan fingerprint density at radius 2 is 1.71 bits per heavy atom. The zero-order valence-electron chi connectivity index (χ0n) is 18.3. The summed E-state index contributed by atoms with van der Waals surface area (Å²) in [6.45, 7) is 2.18. The largest absolute Gasteiger partial charge is 0.501 e. The number of rotatable bonds is 7. The van der Waals surface area contributed by atoms with Gasteiger partial charge in [-0.2, -0.15) is 4.98 Å². The molecule has 1 aliphatic heterocycles. The fraction of sp³-hybridized carbons (Fsp3) is 0.250. The molecule has 2 aromatic carbocycles. The van der Waals surface area contributed by atoms with Crippen molar-refractivity contribution >= 4 is 12.3 Å². The van der Waals surface area contributed by atoms with E-state index in [-0.39, 0.29) is 23.9 Å². The van der Waals surface area contributed by atoms with Crippen molar-refractivity contribution in [1.29, 1.82) is 0 Å². The molecule has 176 valence electrons. The van der Waals surface area contributed by atoms with Crippen LogP contribution in [0.4, 0.5) is 4.39 Å². The molecule has 1 fully saturated rings. The Bertz CT molecular complexity index is 1150. The third-order valence-electron chi connectivity index (χ3n) is 5.69. The molecule has 1 saturated heterocycles. The summed E-state index contributed by atoms with van der Waals surface area (Å²) in [6.07, 6.45) is 0.807. The molecule has 4 rings (SSSR count). The summed E-state index contributed by atoms with van der Waals surface area (Å²) in [5.74, 6) is -2.38. The number of aromatic hydroxyl groups is 2. The average Bonchev–Trinajstić information content (AvgIpc) is 2.86.